The maximum Gasteiger partial charge on any atom is 0.416 e. The van der Waals surface area contributed by atoms with Crippen LogP contribution in [0, 0.1) is 0 Å². The molecule has 360 valence electrons. The first kappa shape index (κ1) is 55.8. The average molecular weight is 1010 g/mol. The van der Waals surface area contributed by atoms with E-state index in [9.17, 15) is 50.1 Å². The molecule has 4 rings (SSSR count). The summed E-state index contributed by atoms with van der Waals surface area (Å²) in [7, 11) is -1.95. The highest BCUT2D eigenvalue weighted by atomic mass is 35.5. The van der Waals surface area contributed by atoms with Crippen LogP contribution < -0.4 is 30.0 Å². The van der Waals surface area contributed by atoms with Crippen LogP contribution in [0.3, 0.4) is 0 Å². The monoisotopic (exact) mass is 1010 g/mol. The number of alkyl halides is 3. The number of carbonyl (C=O) groups excluding carboxylic acids is 3. The molecule has 7 N–H and O–H groups in total. The Morgan fingerprint density at radius 1 is 0.924 bits per heavy atom. The number of hydrogen-bond acceptors (Lipinski definition) is 16. The molecule has 2 aromatic carbocycles. The van der Waals surface area contributed by atoms with Crippen molar-refractivity contribution in [1.82, 2.24) is 24.6 Å². The first-order chi connectivity index (χ1) is 30.5. The van der Waals surface area contributed by atoms with Crippen LogP contribution in [0.4, 0.5) is 23.9 Å². The number of methoxy groups -OCH3 is 2. The number of aromatic nitrogens is 3. The molecule has 4 aromatic rings. The summed E-state index contributed by atoms with van der Waals surface area (Å²) in [6.45, 7) is 2.35. The molecule has 0 spiro atoms. The number of carbonyl (C=O) groups is 5. The lowest BCUT2D eigenvalue weighted by molar-refractivity contribution is -0.146. The Balaban J connectivity index is 0.000000371. The molecule has 2 aromatic heterocycles. The highest BCUT2D eigenvalue weighted by Gasteiger charge is 2.31. The van der Waals surface area contributed by atoms with Gasteiger partial charge < -0.3 is 44.7 Å². The number of nitrogens with zero attached hydrogens (tertiary/aromatic N) is 4. The molecule has 3 amide bonds. The average Bonchev–Trinajstić information content (AvgIpc) is 3.23. The van der Waals surface area contributed by atoms with Crippen LogP contribution in [0.25, 0.3) is 0 Å². The van der Waals surface area contributed by atoms with Gasteiger partial charge in [-0.25, -0.2) is 24.1 Å². The van der Waals surface area contributed by atoms with Gasteiger partial charge in [-0.05, 0) is 61.9 Å². The summed E-state index contributed by atoms with van der Waals surface area (Å²) in [4.78, 5) is 78.6. The zero-order valence-corrected chi connectivity index (χ0v) is 38.4. The normalized spacial score (nSPS) is 12.7. The summed E-state index contributed by atoms with van der Waals surface area (Å²) in [5.41, 5.74) is 3.79. The highest BCUT2D eigenvalue weighted by molar-refractivity contribution is 7.90. The van der Waals surface area contributed by atoms with Crippen LogP contribution in [-0.2, 0) is 35.1 Å². The quantitative estimate of drug-likeness (QED) is 0.0656. The van der Waals surface area contributed by atoms with Crippen LogP contribution in [-0.4, -0.2) is 127 Å². The molecular formula is C37H41Cl2F3N7O15PS. The molecule has 0 aliphatic carbocycles. The number of benzene rings is 2. The molecule has 0 aliphatic rings. The predicted octanol–water partition coefficient (Wildman–Crippen LogP) is 5.22. The second kappa shape index (κ2) is 24.3. The first-order valence-corrected chi connectivity index (χ1v) is 22.6. The Kier molecular flexibility index (Phi) is 20.5. The molecule has 0 aliphatic heterocycles. The Morgan fingerprint density at radius 3 is 2.03 bits per heavy atom. The van der Waals surface area contributed by atoms with Gasteiger partial charge in [0.25, 0.3) is 15.9 Å². The number of hydrogen-bond donors (Lipinski definition) is 6. The second-order valence-corrected chi connectivity index (χ2v) is 18.1. The van der Waals surface area contributed by atoms with Gasteiger partial charge in [-0.2, -0.15) is 31.6 Å². The van der Waals surface area contributed by atoms with E-state index in [0.717, 1.165) is 25.1 Å². The lowest BCUT2D eigenvalue weighted by atomic mass is 10.2. The molecule has 0 saturated carbocycles. The lowest BCUT2D eigenvalue weighted by Crippen LogP contribution is -2.36. The van der Waals surface area contributed by atoms with Gasteiger partial charge in [0.05, 0.1) is 47.0 Å². The molecule has 0 radical (unpaired) electrons. The number of urea groups is 1. The Bertz CT molecular complexity index is 2550. The standard InChI is InChI=1S/C17H11Cl2F3O5.C15H18N6O6S.C5H12NO4P/c1-8(15(23)24)26-16(25)11-7-10(3-4-12(11)18)27-14-5-2-9(6-13(14)19)17(20,21)22;1-21(2)13(22)9-6-5-7-16-12(9)28(24,25)20-15(23)19-14-17-10(26-3)8-11(18-14)27-4;1-11(9,10)3-2-4(6)5(7)8/h2-8H,1H3,(H,23,24);5-8H,1-4H3,(H2,17,18,19,20,23);4H,2-3,6H2,1H3,(H,7,8)(H,9,10)/t8-;;/m0../s1. The molecule has 29 heteroatoms. The van der Waals surface area contributed by atoms with Crippen LogP contribution in [0.2, 0.25) is 10.0 Å². The minimum Gasteiger partial charge on any atom is -0.481 e. The molecular weight excluding hydrogens is 973 g/mol. The number of sulfonamides is 1. The SMILES string of the molecule is COc1cc(OC)nc(NC(=O)NS(=O)(=O)c2ncccc2C(=O)N(C)C)n1.CP(=O)(O)CCC(N)C(=O)O.C[C@H](OC(=O)c1cc(Oc2ccc(C(F)(F)F)cc2Cl)ccc1Cl)C(=O)O. The van der Waals surface area contributed by atoms with Gasteiger partial charge in [0.15, 0.2) is 18.5 Å². The number of halogens is 5. The number of esters is 1. The van der Waals surface area contributed by atoms with Crippen LogP contribution in [0.15, 0.2) is 65.8 Å². The molecule has 66 heavy (non-hydrogen) atoms. The van der Waals surface area contributed by atoms with E-state index in [1.165, 1.54) is 76.4 Å². The molecule has 0 bridgehead atoms. The van der Waals surface area contributed by atoms with E-state index in [1.807, 2.05) is 0 Å². The number of amides is 3. The smallest absolute Gasteiger partial charge is 0.416 e. The zero-order chi connectivity index (χ0) is 50.3. The highest BCUT2D eigenvalue weighted by Crippen LogP contribution is 2.37. The number of pyridine rings is 1. The van der Waals surface area contributed by atoms with Crippen molar-refractivity contribution in [3.63, 3.8) is 0 Å². The van der Waals surface area contributed by atoms with Gasteiger partial charge in [-0.3, -0.25) is 19.5 Å². The van der Waals surface area contributed by atoms with Gasteiger partial charge in [0, 0.05) is 33.1 Å². The molecule has 2 heterocycles. The van der Waals surface area contributed by atoms with Gasteiger partial charge >= 0.3 is 30.1 Å². The fourth-order valence-electron chi connectivity index (χ4n) is 4.36. The second-order valence-electron chi connectivity index (χ2n) is 13.2. The van der Waals surface area contributed by atoms with E-state index in [1.54, 1.807) is 4.72 Å². The minimum atomic E-state index is -4.56. The number of aliphatic carboxylic acids is 2. The van der Waals surface area contributed by atoms with Crippen molar-refractivity contribution in [3.05, 3.63) is 87.5 Å². The number of carboxylic acid groups (broad SMARTS) is 2. The molecule has 0 fully saturated rings. The van der Waals surface area contributed by atoms with E-state index >= 15 is 0 Å². The van der Waals surface area contributed by atoms with Crippen LogP contribution in [0.1, 0.15) is 39.6 Å². The minimum absolute atomic E-state index is 0.0246. The molecule has 22 nitrogen and oxygen atoms in total. The number of nitrogens with two attached hydrogens (primary N) is 1. The number of carboxylic acids is 2. The first-order valence-electron chi connectivity index (χ1n) is 18.0. The van der Waals surface area contributed by atoms with E-state index in [4.69, 9.17) is 63.0 Å². The Hall–Kier alpha value is -6.31. The van der Waals surface area contributed by atoms with Crippen molar-refractivity contribution in [2.75, 3.05) is 46.5 Å². The van der Waals surface area contributed by atoms with E-state index in [0.29, 0.717) is 6.07 Å². The number of nitrogens with one attached hydrogen (secondary N) is 2. The topological polar surface area (TPSA) is 326 Å². The molecule has 2 unspecified atom stereocenters. The van der Waals surface area contributed by atoms with Crippen LogP contribution in [0.5, 0.6) is 23.3 Å². The Labute approximate surface area is 383 Å². The predicted molar refractivity (Wildman–Crippen MR) is 228 cm³/mol. The van der Waals surface area contributed by atoms with Crippen molar-refractivity contribution in [1.29, 1.82) is 0 Å². The summed E-state index contributed by atoms with van der Waals surface area (Å²) in [6.07, 6.45) is -4.77. The molecule has 3 atom stereocenters. The van der Waals surface area contributed by atoms with Crippen LogP contribution >= 0.6 is 30.6 Å². The lowest BCUT2D eigenvalue weighted by Gasteiger charge is -2.14. The maximum atomic E-state index is 12.7. The third kappa shape index (κ3) is 17.9. The number of ether oxygens (including phenoxy) is 4. The number of rotatable bonds is 15. The third-order valence-corrected chi connectivity index (χ3v) is 10.7. The Morgan fingerprint density at radius 2 is 1.53 bits per heavy atom. The van der Waals surface area contributed by atoms with E-state index < -0.39 is 76.1 Å². The van der Waals surface area contributed by atoms with Crippen molar-refractivity contribution in [2.24, 2.45) is 5.73 Å². The van der Waals surface area contributed by atoms with Crippen molar-refractivity contribution >= 4 is 76.4 Å². The van der Waals surface area contributed by atoms with E-state index in [-0.39, 0.29) is 63.0 Å². The van der Waals surface area contributed by atoms with Gasteiger partial charge in [-0.15, -0.1) is 0 Å². The summed E-state index contributed by atoms with van der Waals surface area (Å²) >= 11 is 11.7. The third-order valence-electron chi connectivity index (χ3n) is 7.66. The summed E-state index contributed by atoms with van der Waals surface area (Å²) < 4.78 is 95.5. The summed E-state index contributed by atoms with van der Waals surface area (Å²) in [5.74, 6) is -4.19. The largest absolute Gasteiger partial charge is 0.481 e. The molecule has 0 saturated heterocycles. The van der Waals surface area contributed by atoms with Crippen molar-refractivity contribution in [2.45, 2.75) is 36.7 Å². The fourth-order valence-corrected chi connectivity index (χ4v) is 6.57. The van der Waals surface area contributed by atoms with Gasteiger partial charge in [0.2, 0.25) is 17.7 Å². The van der Waals surface area contributed by atoms with E-state index in [2.05, 4.69) is 20.3 Å². The maximum absolute atomic E-state index is 12.7. The zero-order valence-electron chi connectivity index (χ0n) is 35.2. The van der Waals surface area contributed by atoms with Crippen molar-refractivity contribution in [3.8, 4) is 23.3 Å². The number of anilines is 1. The summed E-state index contributed by atoms with van der Waals surface area (Å²) in [5, 5.41) is 18.3. The van der Waals surface area contributed by atoms with Gasteiger partial charge in [-0.1, -0.05) is 23.2 Å². The summed E-state index contributed by atoms with van der Waals surface area (Å²) in [6, 6.07) is 8.20. The van der Waals surface area contributed by atoms with Gasteiger partial charge in [0.1, 0.15) is 17.5 Å². The van der Waals surface area contributed by atoms with Crippen molar-refractivity contribution < 1.29 is 84.2 Å². The fraction of sp³-hybridized carbons (Fsp3) is 0.297.